The molecule has 7 heteroatoms. The van der Waals surface area contributed by atoms with Crippen LogP contribution < -0.4 is 4.74 Å². The molecule has 0 aliphatic heterocycles. The fraction of sp³-hybridized carbons (Fsp3) is 0.400. The van der Waals surface area contributed by atoms with Crippen molar-refractivity contribution in [1.29, 1.82) is 0 Å². The summed E-state index contributed by atoms with van der Waals surface area (Å²) < 4.78 is 46.7. The maximum Gasteiger partial charge on any atom is 0.433 e. The normalized spacial score (nSPS) is 11.2. The summed E-state index contributed by atoms with van der Waals surface area (Å²) >= 11 is 0. The monoisotopic (exact) mass is 249 g/mol. The summed E-state index contributed by atoms with van der Waals surface area (Å²) in [6.45, 7) is 1.21. The highest BCUT2D eigenvalue weighted by atomic mass is 19.4. The summed E-state index contributed by atoms with van der Waals surface area (Å²) in [7, 11) is 2.25. The molecule has 0 unspecified atom stereocenters. The molecule has 0 spiro atoms. The number of aromatic nitrogens is 1. The highest BCUT2D eigenvalue weighted by Crippen LogP contribution is 2.33. The van der Waals surface area contributed by atoms with Gasteiger partial charge in [0.2, 0.25) is 5.88 Å². The predicted octanol–water partition coefficient (Wildman–Crippen LogP) is 2.20. The smallest absolute Gasteiger partial charge is 0.433 e. The minimum Gasteiger partial charge on any atom is -0.480 e. The van der Waals surface area contributed by atoms with Crippen LogP contribution in [-0.4, -0.2) is 25.2 Å². The molecule has 0 aliphatic carbocycles. The van der Waals surface area contributed by atoms with Gasteiger partial charge in [0.25, 0.3) is 0 Å². The molecule has 1 rings (SSSR count). The van der Waals surface area contributed by atoms with Gasteiger partial charge < -0.3 is 9.47 Å². The standard InChI is InChI=1S/C10H10F3NO3/c1-5-4-6(9(15)17-3)8(16-2)14-7(5)10(11,12)13/h4H,1-3H3. The number of nitrogens with zero attached hydrogens (tertiary/aromatic N) is 1. The molecule has 17 heavy (non-hydrogen) atoms. The molecule has 0 bridgehead atoms. The molecule has 0 aliphatic rings. The molecule has 4 nitrogen and oxygen atoms in total. The lowest BCUT2D eigenvalue weighted by Crippen LogP contribution is -2.14. The minimum absolute atomic E-state index is 0.138. The molecule has 0 amide bonds. The molecule has 1 aromatic heterocycles. The summed E-state index contributed by atoms with van der Waals surface area (Å²) in [6.07, 6.45) is -4.59. The van der Waals surface area contributed by atoms with Crippen molar-refractivity contribution in [3.05, 3.63) is 22.9 Å². The predicted molar refractivity (Wildman–Crippen MR) is 51.9 cm³/mol. The molecule has 0 aromatic carbocycles. The summed E-state index contributed by atoms with van der Waals surface area (Å²) in [5.41, 5.74) is -1.39. The number of hydrogen-bond donors (Lipinski definition) is 0. The average Bonchev–Trinajstić information content (AvgIpc) is 2.26. The Kier molecular flexibility index (Phi) is 3.59. The third-order valence-electron chi connectivity index (χ3n) is 2.05. The summed E-state index contributed by atoms with van der Waals surface area (Å²) in [5, 5.41) is 0. The Morgan fingerprint density at radius 1 is 1.35 bits per heavy atom. The van der Waals surface area contributed by atoms with Gasteiger partial charge in [-0.1, -0.05) is 0 Å². The zero-order valence-corrected chi connectivity index (χ0v) is 9.38. The number of hydrogen-bond acceptors (Lipinski definition) is 4. The first-order valence-corrected chi connectivity index (χ1v) is 4.52. The van der Waals surface area contributed by atoms with Gasteiger partial charge in [-0.2, -0.15) is 13.2 Å². The van der Waals surface area contributed by atoms with E-state index < -0.39 is 23.7 Å². The van der Waals surface area contributed by atoms with Crippen molar-refractivity contribution in [2.45, 2.75) is 13.1 Å². The molecular formula is C10H10F3NO3. The van der Waals surface area contributed by atoms with E-state index in [4.69, 9.17) is 0 Å². The quantitative estimate of drug-likeness (QED) is 0.754. The van der Waals surface area contributed by atoms with Crippen molar-refractivity contribution in [2.75, 3.05) is 14.2 Å². The van der Waals surface area contributed by atoms with Crippen molar-refractivity contribution in [2.24, 2.45) is 0 Å². The minimum atomic E-state index is -4.59. The Balaban J connectivity index is 3.40. The molecule has 0 fully saturated rings. The molecule has 0 saturated heterocycles. The Morgan fingerprint density at radius 2 is 1.94 bits per heavy atom. The van der Waals surface area contributed by atoms with E-state index in [0.717, 1.165) is 20.3 Å². The second kappa shape index (κ2) is 4.60. The molecule has 0 N–H and O–H groups in total. The number of pyridine rings is 1. The first-order chi connectivity index (χ1) is 7.81. The number of rotatable bonds is 2. The van der Waals surface area contributed by atoms with E-state index in [0.29, 0.717) is 0 Å². The van der Waals surface area contributed by atoms with Gasteiger partial charge in [-0.3, -0.25) is 0 Å². The van der Waals surface area contributed by atoms with Crippen molar-refractivity contribution in [3.8, 4) is 5.88 Å². The van der Waals surface area contributed by atoms with Crippen LogP contribution in [0.1, 0.15) is 21.6 Å². The molecule has 1 aromatic rings. The Labute approximate surface area is 95.4 Å². The zero-order chi connectivity index (χ0) is 13.2. The number of aryl methyl sites for hydroxylation is 1. The van der Waals surface area contributed by atoms with Crippen LogP contribution in [0.5, 0.6) is 5.88 Å². The van der Waals surface area contributed by atoms with Gasteiger partial charge in [0.1, 0.15) is 5.56 Å². The average molecular weight is 249 g/mol. The number of halogens is 3. The number of ether oxygens (including phenoxy) is 2. The Bertz CT molecular complexity index is 443. The largest absolute Gasteiger partial charge is 0.480 e. The molecule has 94 valence electrons. The van der Waals surface area contributed by atoms with Crippen LogP contribution in [0, 0.1) is 6.92 Å². The fourth-order valence-electron chi connectivity index (χ4n) is 1.30. The second-order valence-electron chi connectivity index (χ2n) is 3.20. The van der Waals surface area contributed by atoms with E-state index in [1.165, 1.54) is 6.92 Å². The molecule has 0 radical (unpaired) electrons. The van der Waals surface area contributed by atoms with Gasteiger partial charge in [0.05, 0.1) is 14.2 Å². The number of carbonyl (C=O) groups is 1. The molecule has 1 heterocycles. The maximum atomic E-state index is 12.5. The number of carbonyl (C=O) groups excluding carboxylic acids is 1. The first-order valence-electron chi connectivity index (χ1n) is 4.52. The lowest BCUT2D eigenvalue weighted by molar-refractivity contribution is -0.141. The molecular weight excluding hydrogens is 239 g/mol. The van der Waals surface area contributed by atoms with Gasteiger partial charge in [0, 0.05) is 0 Å². The lowest BCUT2D eigenvalue weighted by Gasteiger charge is -2.13. The van der Waals surface area contributed by atoms with Crippen LogP contribution in [0.3, 0.4) is 0 Å². The first kappa shape index (κ1) is 13.3. The van der Waals surface area contributed by atoms with E-state index in [1.807, 2.05) is 0 Å². The van der Waals surface area contributed by atoms with Crippen molar-refractivity contribution >= 4 is 5.97 Å². The van der Waals surface area contributed by atoms with Gasteiger partial charge in [-0.15, -0.1) is 0 Å². The zero-order valence-electron chi connectivity index (χ0n) is 9.38. The highest BCUT2D eigenvalue weighted by molar-refractivity contribution is 5.92. The van der Waals surface area contributed by atoms with Crippen molar-refractivity contribution in [3.63, 3.8) is 0 Å². The Hall–Kier alpha value is -1.79. The number of esters is 1. The van der Waals surface area contributed by atoms with Crippen molar-refractivity contribution in [1.82, 2.24) is 4.98 Å². The second-order valence-corrected chi connectivity index (χ2v) is 3.20. The van der Waals surface area contributed by atoms with E-state index in [9.17, 15) is 18.0 Å². The van der Waals surface area contributed by atoms with E-state index in [2.05, 4.69) is 14.5 Å². The van der Waals surface area contributed by atoms with Crippen LogP contribution in [-0.2, 0) is 10.9 Å². The maximum absolute atomic E-state index is 12.5. The fourth-order valence-corrected chi connectivity index (χ4v) is 1.30. The van der Waals surface area contributed by atoms with Crippen LogP contribution in [0.25, 0.3) is 0 Å². The third-order valence-corrected chi connectivity index (χ3v) is 2.05. The van der Waals surface area contributed by atoms with E-state index in [1.54, 1.807) is 0 Å². The summed E-state index contributed by atoms with van der Waals surface area (Å²) in [4.78, 5) is 14.6. The topological polar surface area (TPSA) is 48.4 Å². The van der Waals surface area contributed by atoms with Gasteiger partial charge in [-0.05, 0) is 18.6 Å². The van der Waals surface area contributed by atoms with Gasteiger partial charge in [0.15, 0.2) is 5.69 Å². The van der Waals surface area contributed by atoms with Crippen LogP contribution in [0.15, 0.2) is 6.07 Å². The SMILES string of the molecule is COC(=O)c1cc(C)c(C(F)(F)F)nc1OC. The third kappa shape index (κ3) is 2.66. The summed E-state index contributed by atoms with van der Waals surface area (Å²) in [6, 6.07) is 1.04. The lowest BCUT2D eigenvalue weighted by atomic mass is 10.1. The highest BCUT2D eigenvalue weighted by Gasteiger charge is 2.36. The van der Waals surface area contributed by atoms with Crippen LogP contribution >= 0.6 is 0 Å². The number of methoxy groups -OCH3 is 2. The van der Waals surface area contributed by atoms with Crippen LogP contribution in [0.4, 0.5) is 13.2 Å². The van der Waals surface area contributed by atoms with Gasteiger partial charge >= 0.3 is 12.1 Å². The van der Waals surface area contributed by atoms with E-state index >= 15 is 0 Å². The van der Waals surface area contributed by atoms with Gasteiger partial charge in [-0.25, -0.2) is 9.78 Å². The number of alkyl halides is 3. The van der Waals surface area contributed by atoms with Crippen molar-refractivity contribution < 1.29 is 27.4 Å². The van der Waals surface area contributed by atoms with Crippen LogP contribution in [0.2, 0.25) is 0 Å². The van der Waals surface area contributed by atoms with E-state index in [-0.39, 0.29) is 11.1 Å². The molecule has 0 saturated carbocycles. The Morgan fingerprint density at radius 3 is 2.35 bits per heavy atom. The molecule has 0 atom stereocenters. The summed E-state index contributed by atoms with van der Waals surface area (Å²) in [5.74, 6) is -1.21.